The van der Waals surface area contributed by atoms with Crippen LogP contribution in [0.3, 0.4) is 0 Å². The van der Waals surface area contributed by atoms with Crippen LogP contribution in [0.2, 0.25) is 0 Å². The minimum Gasteiger partial charge on any atom is -0.394 e. The van der Waals surface area contributed by atoms with Crippen LogP contribution in [0.15, 0.2) is 0 Å². The van der Waals surface area contributed by atoms with E-state index in [1.807, 2.05) is 57.0 Å². The molecule has 1 amide bonds. The summed E-state index contributed by atoms with van der Waals surface area (Å²) >= 11 is 0. The van der Waals surface area contributed by atoms with E-state index in [0.717, 1.165) is 19.6 Å². The van der Waals surface area contributed by atoms with Gasteiger partial charge in [-0.25, -0.2) is 4.90 Å². The summed E-state index contributed by atoms with van der Waals surface area (Å²) in [5.74, 6) is -0.113. The maximum absolute atomic E-state index is 11.7. The summed E-state index contributed by atoms with van der Waals surface area (Å²) in [6.07, 6.45) is -4.72. The monoisotopic (exact) mass is 583 g/mol. The highest BCUT2D eigenvalue weighted by atomic mass is 16.6. The fourth-order valence-electron chi connectivity index (χ4n) is 4.42. The van der Waals surface area contributed by atoms with E-state index in [1.165, 1.54) is 0 Å². The first-order chi connectivity index (χ1) is 18.5. The highest BCUT2D eigenvalue weighted by Crippen LogP contribution is 2.27. The van der Waals surface area contributed by atoms with E-state index < -0.39 is 30.6 Å². The third kappa shape index (κ3) is 15.3. The van der Waals surface area contributed by atoms with E-state index >= 15 is 0 Å². The third-order valence-electron chi connectivity index (χ3n) is 5.76. The number of nitrogens with one attached hydrogen (secondary N) is 3. The van der Waals surface area contributed by atoms with Gasteiger partial charge in [0.2, 0.25) is 5.91 Å². The van der Waals surface area contributed by atoms with E-state index in [2.05, 4.69) is 16.0 Å². The number of hydrogen-bond donors (Lipinski definition) is 9. The van der Waals surface area contributed by atoms with Crippen LogP contribution in [-0.4, -0.2) is 193 Å². The van der Waals surface area contributed by atoms with Crippen LogP contribution in [0.1, 0.15) is 20.8 Å². The van der Waals surface area contributed by atoms with Gasteiger partial charge in [0.1, 0.15) is 30.6 Å². The number of carbonyl (C=O) groups is 1. The Hall–Kier alpha value is -1.05. The van der Waals surface area contributed by atoms with Gasteiger partial charge in [-0.3, -0.25) is 15.4 Å². The smallest absolute Gasteiger partial charge is 0.241 e. The van der Waals surface area contributed by atoms with Crippen molar-refractivity contribution in [1.29, 1.82) is 0 Å². The van der Waals surface area contributed by atoms with Crippen molar-refractivity contribution in [2.75, 3.05) is 81.9 Å². The SMILES string of the molecule is CC(O)CN(C)C.CC(O)CN(C)C.CC(O)CN(C)C.O=C1NCNC2C1NCN2C1OC(CO)C(O)C1O. The summed E-state index contributed by atoms with van der Waals surface area (Å²) in [7, 11) is 11.6. The lowest BCUT2D eigenvalue weighted by Crippen LogP contribution is -2.64. The molecule has 9 unspecified atom stereocenters. The highest BCUT2D eigenvalue weighted by molar-refractivity contribution is 5.83. The summed E-state index contributed by atoms with van der Waals surface area (Å²) in [6.45, 7) is 7.91. The highest BCUT2D eigenvalue weighted by Gasteiger charge is 2.51. The van der Waals surface area contributed by atoms with Crippen LogP contribution in [0.25, 0.3) is 0 Å². The average molecular weight is 584 g/mol. The molecule has 0 aromatic carbocycles. The largest absolute Gasteiger partial charge is 0.394 e. The van der Waals surface area contributed by atoms with Gasteiger partial charge in [-0.05, 0) is 63.1 Å². The van der Waals surface area contributed by atoms with Gasteiger partial charge < -0.3 is 55.4 Å². The quantitative estimate of drug-likeness (QED) is 0.132. The molecular formula is C25H57N7O8. The van der Waals surface area contributed by atoms with E-state index in [1.54, 1.807) is 25.7 Å². The number of fused-ring (bicyclic) bond motifs is 1. The molecule has 3 aliphatic heterocycles. The topological polar surface area (TPSA) is 197 Å². The van der Waals surface area contributed by atoms with Gasteiger partial charge in [0.25, 0.3) is 0 Å². The Balaban J connectivity index is 0.000000603. The summed E-state index contributed by atoms with van der Waals surface area (Å²) in [5, 5.41) is 63.7. The van der Waals surface area contributed by atoms with E-state index in [4.69, 9.17) is 25.2 Å². The molecule has 3 fully saturated rings. The van der Waals surface area contributed by atoms with Crippen LogP contribution in [0.4, 0.5) is 0 Å². The van der Waals surface area contributed by atoms with Crippen molar-refractivity contribution in [3.8, 4) is 0 Å². The molecule has 3 aliphatic rings. The average Bonchev–Trinajstić information content (AvgIpc) is 3.34. The summed E-state index contributed by atoms with van der Waals surface area (Å²) in [5.41, 5.74) is 0. The Bertz CT molecular complexity index is 622. The Morgan fingerprint density at radius 2 is 1.30 bits per heavy atom. The van der Waals surface area contributed by atoms with Crippen LogP contribution in [-0.2, 0) is 9.53 Å². The second kappa shape index (κ2) is 20.0. The molecule has 15 heteroatoms. The normalized spacial score (nSPS) is 30.3. The van der Waals surface area contributed by atoms with Crippen molar-refractivity contribution in [3.63, 3.8) is 0 Å². The molecule has 0 radical (unpaired) electrons. The van der Waals surface area contributed by atoms with Gasteiger partial charge in [-0.2, -0.15) is 0 Å². The number of hydrogen-bond acceptors (Lipinski definition) is 14. The lowest BCUT2D eigenvalue weighted by molar-refractivity contribution is -0.130. The van der Waals surface area contributed by atoms with Crippen molar-refractivity contribution in [2.45, 2.75) is 75.8 Å². The molecule has 15 nitrogen and oxygen atoms in total. The van der Waals surface area contributed by atoms with E-state index in [-0.39, 0.29) is 37.0 Å². The number of carbonyl (C=O) groups excluding carboxylic acids is 1. The Morgan fingerprint density at radius 1 is 0.850 bits per heavy atom. The number of aliphatic hydroxyl groups is 6. The molecule has 9 N–H and O–H groups in total. The molecule has 3 saturated heterocycles. The number of amides is 1. The lowest BCUT2D eigenvalue weighted by Gasteiger charge is -2.35. The van der Waals surface area contributed by atoms with Crippen LogP contribution in [0, 0.1) is 0 Å². The van der Waals surface area contributed by atoms with Gasteiger partial charge in [0.15, 0.2) is 0 Å². The standard InChI is InChI=1S/C10H18N4O5.3C5H13NO/c15-1-4-6(16)7(17)10(19-4)14-3-13-5-8(14)11-2-12-9(5)18;3*1-5(7)4-6(2)3/h4-8,10-11,13,15-17H,1-3H2,(H,12,18);3*5,7H,4H2,1-3H3. The predicted molar refractivity (Wildman–Crippen MR) is 152 cm³/mol. The minimum absolute atomic E-state index is 0.113. The van der Waals surface area contributed by atoms with Gasteiger partial charge in [-0.1, -0.05) is 0 Å². The first kappa shape index (κ1) is 39.0. The van der Waals surface area contributed by atoms with Gasteiger partial charge >= 0.3 is 0 Å². The summed E-state index contributed by atoms with van der Waals surface area (Å²) in [4.78, 5) is 19.3. The van der Waals surface area contributed by atoms with Gasteiger partial charge in [-0.15, -0.1) is 0 Å². The van der Waals surface area contributed by atoms with E-state index in [9.17, 15) is 15.0 Å². The maximum atomic E-state index is 11.7. The summed E-state index contributed by atoms with van der Waals surface area (Å²) < 4.78 is 5.47. The second-order valence-corrected chi connectivity index (χ2v) is 11.3. The van der Waals surface area contributed by atoms with Gasteiger partial charge in [0, 0.05) is 19.6 Å². The molecule has 3 rings (SSSR count). The van der Waals surface area contributed by atoms with E-state index in [0.29, 0.717) is 13.3 Å². The Kier molecular flexibility index (Phi) is 19.4. The van der Waals surface area contributed by atoms with Gasteiger partial charge in [0.05, 0.1) is 44.4 Å². The molecule has 0 bridgehead atoms. The van der Waals surface area contributed by atoms with Crippen molar-refractivity contribution in [2.24, 2.45) is 0 Å². The zero-order valence-electron chi connectivity index (χ0n) is 25.7. The number of likely N-dealkylation sites (N-methyl/N-ethyl adjacent to an activating group) is 3. The molecule has 240 valence electrons. The molecule has 0 aromatic rings. The summed E-state index contributed by atoms with van der Waals surface area (Å²) in [6, 6.07) is -0.421. The zero-order valence-corrected chi connectivity index (χ0v) is 25.7. The molecule has 3 heterocycles. The maximum Gasteiger partial charge on any atom is 0.241 e. The van der Waals surface area contributed by atoms with Crippen molar-refractivity contribution in [3.05, 3.63) is 0 Å². The molecule has 0 aromatic heterocycles. The minimum atomic E-state index is -1.13. The van der Waals surface area contributed by atoms with Crippen LogP contribution >= 0.6 is 0 Å². The Morgan fingerprint density at radius 3 is 1.62 bits per heavy atom. The first-order valence-corrected chi connectivity index (χ1v) is 13.6. The molecule has 9 atom stereocenters. The van der Waals surface area contributed by atoms with Crippen LogP contribution < -0.4 is 16.0 Å². The van der Waals surface area contributed by atoms with Crippen molar-refractivity contribution >= 4 is 5.91 Å². The number of nitrogens with zero attached hydrogens (tertiary/aromatic N) is 4. The predicted octanol–water partition coefficient (Wildman–Crippen LogP) is -4.55. The molecule has 0 saturated carbocycles. The Labute approximate surface area is 239 Å². The fraction of sp³-hybridized carbons (Fsp3) is 0.960. The lowest BCUT2D eigenvalue weighted by atomic mass is 10.1. The first-order valence-electron chi connectivity index (χ1n) is 13.6. The van der Waals surface area contributed by atoms with Crippen molar-refractivity contribution in [1.82, 2.24) is 35.6 Å². The van der Waals surface area contributed by atoms with Crippen molar-refractivity contribution < 1.29 is 40.2 Å². The number of aliphatic hydroxyl groups excluding tert-OH is 6. The third-order valence-corrected chi connectivity index (χ3v) is 5.76. The number of ether oxygens (including phenoxy) is 1. The van der Waals surface area contributed by atoms with Crippen LogP contribution in [0.5, 0.6) is 0 Å². The second-order valence-electron chi connectivity index (χ2n) is 11.3. The molecular weight excluding hydrogens is 526 g/mol. The molecule has 0 aliphatic carbocycles. The molecule has 0 spiro atoms. The number of rotatable bonds is 8. The fourth-order valence-corrected chi connectivity index (χ4v) is 4.42. The zero-order chi connectivity index (χ0) is 31.2. The molecule has 40 heavy (non-hydrogen) atoms.